The third-order valence-corrected chi connectivity index (χ3v) is 3.48. The molecular formula is C14H15ClN4O2. The molecule has 0 spiro atoms. The third-order valence-electron chi connectivity index (χ3n) is 3.25. The van der Waals surface area contributed by atoms with Gasteiger partial charge in [0.05, 0.1) is 24.9 Å². The molecule has 7 heteroatoms. The molecule has 1 N–H and O–H groups in total. The van der Waals surface area contributed by atoms with Gasteiger partial charge in [0.25, 0.3) is 6.01 Å². The van der Waals surface area contributed by atoms with Crippen LogP contribution in [-0.2, 0) is 13.6 Å². The minimum atomic E-state index is 0.442. The van der Waals surface area contributed by atoms with Gasteiger partial charge in [0.2, 0.25) is 5.88 Å². The standard InChI is InChI=1S/C14H15ClN4O2/c1-8-10(13(20-3)19(2)18-8)7-16-14-17-11-6-9(15)4-5-12(11)21-14/h4-6H,7H2,1-3H3,(H,16,17). The van der Waals surface area contributed by atoms with Gasteiger partial charge >= 0.3 is 0 Å². The summed E-state index contributed by atoms with van der Waals surface area (Å²) in [6.07, 6.45) is 0. The first kappa shape index (κ1) is 13.8. The normalized spacial score (nSPS) is 11.0. The van der Waals surface area contributed by atoms with Crippen LogP contribution < -0.4 is 10.1 Å². The molecule has 0 bridgehead atoms. The zero-order valence-electron chi connectivity index (χ0n) is 12.0. The molecular weight excluding hydrogens is 292 g/mol. The van der Waals surface area contributed by atoms with Crippen LogP contribution in [0.3, 0.4) is 0 Å². The molecule has 1 aromatic carbocycles. The van der Waals surface area contributed by atoms with E-state index in [1.807, 2.05) is 14.0 Å². The van der Waals surface area contributed by atoms with E-state index in [0.717, 1.165) is 22.7 Å². The highest BCUT2D eigenvalue weighted by molar-refractivity contribution is 6.31. The Labute approximate surface area is 126 Å². The Morgan fingerprint density at radius 3 is 3.00 bits per heavy atom. The molecule has 21 heavy (non-hydrogen) atoms. The van der Waals surface area contributed by atoms with Crippen LogP contribution in [0.5, 0.6) is 5.88 Å². The molecule has 0 saturated heterocycles. The number of nitrogens with one attached hydrogen (secondary N) is 1. The second-order valence-corrected chi connectivity index (χ2v) is 5.12. The fourth-order valence-corrected chi connectivity index (χ4v) is 2.45. The fraction of sp³-hybridized carbons (Fsp3) is 0.286. The maximum absolute atomic E-state index is 5.93. The van der Waals surface area contributed by atoms with Gasteiger partial charge in [-0.15, -0.1) is 0 Å². The van der Waals surface area contributed by atoms with Crippen LogP contribution in [0, 0.1) is 6.92 Å². The van der Waals surface area contributed by atoms with Crippen LogP contribution in [0.25, 0.3) is 11.1 Å². The van der Waals surface area contributed by atoms with Gasteiger partial charge in [0.1, 0.15) is 5.52 Å². The Kier molecular flexibility index (Phi) is 3.47. The maximum Gasteiger partial charge on any atom is 0.295 e. The zero-order chi connectivity index (χ0) is 15.0. The zero-order valence-corrected chi connectivity index (χ0v) is 12.7. The van der Waals surface area contributed by atoms with Crippen LogP contribution in [0.4, 0.5) is 6.01 Å². The lowest BCUT2D eigenvalue weighted by Gasteiger charge is -2.05. The summed E-state index contributed by atoms with van der Waals surface area (Å²) in [7, 11) is 3.47. The molecule has 0 fully saturated rings. The summed E-state index contributed by atoms with van der Waals surface area (Å²) < 4.78 is 12.7. The Hall–Kier alpha value is -2.21. The number of oxazole rings is 1. The second kappa shape index (κ2) is 5.29. The van der Waals surface area contributed by atoms with Crippen molar-refractivity contribution < 1.29 is 9.15 Å². The van der Waals surface area contributed by atoms with Crippen LogP contribution in [0.15, 0.2) is 22.6 Å². The number of rotatable bonds is 4. The molecule has 110 valence electrons. The Balaban J connectivity index is 1.83. The highest BCUT2D eigenvalue weighted by Crippen LogP contribution is 2.25. The molecule has 2 heterocycles. The average molecular weight is 307 g/mol. The average Bonchev–Trinajstić information content (AvgIpc) is 2.95. The molecule has 0 aliphatic heterocycles. The molecule has 3 rings (SSSR count). The summed E-state index contributed by atoms with van der Waals surface area (Å²) in [4.78, 5) is 4.35. The summed E-state index contributed by atoms with van der Waals surface area (Å²) >= 11 is 5.93. The van der Waals surface area contributed by atoms with Gasteiger partial charge in [0, 0.05) is 12.1 Å². The van der Waals surface area contributed by atoms with E-state index < -0.39 is 0 Å². The summed E-state index contributed by atoms with van der Waals surface area (Å²) in [6, 6.07) is 5.78. The monoisotopic (exact) mass is 306 g/mol. The number of methoxy groups -OCH3 is 1. The largest absolute Gasteiger partial charge is 0.481 e. The predicted octanol–water partition coefficient (Wildman–Crippen LogP) is 3.14. The summed E-state index contributed by atoms with van der Waals surface area (Å²) in [5, 5.41) is 8.11. The summed E-state index contributed by atoms with van der Waals surface area (Å²) in [5.41, 5.74) is 3.29. The SMILES string of the molecule is COc1c(CNc2nc3cc(Cl)ccc3o2)c(C)nn1C. The lowest BCUT2D eigenvalue weighted by atomic mass is 10.2. The van der Waals surface area contributed by atoms with E-state index in [2.05, 4.69) is 15.4 Å². The second-order valence-electron chi connectivity index (χ2n) is 4.68. The van der Waals surface area contributed by atoms with Crippen molar-refractivity contribution >= 4 is 28.7 Å². The number of nitrogens with zero attached hydrogens (tertiary/aromatic N) is 3. The van der Waals surface area contributed by atoms with E-state index in [9.17, 15) is 0 Å². The van der Waals surface area contributed by atoms with E-state index >= 15 is 0 Å². The first-order valence-electron chi connectivity index (χ1n) is 6.45. The number of ether oxygens (including phenoxy) is 1. The molecule has 0 radical (unpaired) electrons. The number of hydrogen-bond donors (Lipinski definition) is 1. The number of aromatic nitrogens is 3. The van der Waals surface area contributed by atoms with Crippen LogP contribution in [0.2, 0.25) is 5.02 Å². The Bertz CT molecular complexity index is 794. The quantitative estimate of drug-likeness (QED) is 0.802. The molecule has 0 amide bonds. The molecule has 6 nitrogen and oxygen atoms in total. The van der Waals surface area contributed by atoms with E-state index in [4.69, 9.17) is 20.8 Å². The van der Waals surface area contributed by atoms with E-state index in [0.29, 0.717) is 23.2 Å². The summed E-state index contributed by atoms with van der Waals surface area (Å²) in [6.45, 7) is 2.45. The molecule has 0 saturated carbocycles. The van der Waals surface area contributed by atoms with Crippen molar-refractivity contribution in [1.29, 1.82) is 0 Å². The minimum Gasteiger partial charge on any atom is -0.481 e. The first-order valence-corrected chi connectivity index (χ1v) is 6.82. The van der Waals surface area contributed by atoms with Crippen molar-refractivity contribution in [2.45, 2.75) is 13.5 Å². The number of hydrogen-bond acceptors (Lipinski definition) is 5. The molecule has 0 aliphatic rings. The van der Waals surface area contributed by atoms with Gasteiger partial charge in [-0.1, -0.05) is 11.6 Å². The van der Waals surface area contributed by atoms with Crippen molar-refractivity contribution in [3.05, 3.63) is 34.5 Å². The van der Waals surface area contributed by atoms with Crippen LogP contribution >= 0.6 is 11.6 Å². The van der Waals surface area contributed by atoms with Crippen LogP contribution in [0.1, 0.15) is 11.3 Å². The smallest absolute Gasteiger partial charge is 0.295 e. The number of fused-ring (bicyclic) bond motifs is 1. The van der Waals surface area contributed by atoms with E-state index in [-0.39, 0.29) is 0 Å². The predicted molar refractivity (Wildman–Crippen MR) is 80.8 cm³/mol. The molecule has 0 unspecified atom stereocenters. The molecule has 2 aromatic heterocycles. The highest BCUT2D eigenvalue weighted by atomic mass is 35.5. The van der Waals surface area contributed by atoms with Crippen molar-refractivity contribution in [1.82, 2.24) is 14.8 Å². The number of halogens is 1. The number of benzene rings is 1. The topological polar surface area (TPSA) is 65.1 Å². The van der Waals surface area contributed by atoms with Crippen LogP contribution in [-0.4, -0.2) is 21.9 Å². The van der Waals surface area contributed by atoms with Crippen molar-refractivity contribution in [3.63, 3.8) is 0 Å². The fourth-order valence-electron chi connectivity index (χ4n) is 2.28. The lowest BCUT2D eigenvalue weighted by molar-refractivity contribution is 0.369. The van der Waals surface area contributed by atoms with Crippen molar-refractivity contribution in [2.24, 2.45) is 7.05 Å². The molecule has 3 aromatic rings. The van der Waals surface area contributed by atoms with Gasteiger partial charge in [-0.3, -0.25) is 0 Å². The number of anilines is 1. The van der Waals surface area contributed by atoms with Gasteiger partial charge in [-0.25, -0.2) is 4.68 Å². The van der Waals surface area contributed by atoms with Gasteiger partial charge < -0.3 is 14.5 Å². The van der Waals surface area contributed by atoms with Crippen molar-refractivity contribution in [3.8, 4) is 5.88 Å². The van der Waals surface area contributed by atoms with Gasteiger partial charge in [0.15, 0.2) is 5.58 Å². The van der Waals surface area contributed by atoms with E-state index in [1.54, 1.807) is 30.0 Å². The first-order chi connectivity index (χ1) is 10.1. The summed E-state index contributed by atoms with van der Waals surface area (Å²) in [5.74, 6) is 0.721. The Morgan fingerprint density at radius 1 is 1.43 bits per heavy atom. The van der Waals surface area contributed by atoms with Gasteiger partial charge in [-0.05, 0) is 25.1 Å². The minimum absolute atomic E-state index is 0.442. The maximum atomic E-state index is 5.93. The van der Waals surface area contributed by atoms with E-state index in [1.165, 1.54) is 0 Å². The Morgan fingerprint density at radius 2 is 2.24 bits per heavy atom. The van der Waals surface area contributed by atoms with Gasteiger partial charge in [-0.2, -0.15) is 10.1 Å². The highest BCUT2D eigenvalue weighted by Gasteiger charge is 2.14. The third kappa shape index (κ3) is 2.54. The molecule has 0 atom stereocenters. The number of aryl methyl sites for hydroxylation is 2. The lowest BCUT2D eigenvalue weighted by Crippen LogP contribution is -2.03. The van der Waals surface area contributed by atoms with Crippen molar-refractivity contribution in [2.75, 3.05) is 12.4 Å². The molecule has 0 aliphatic carbocycles.